The fourth-order valence-corrected chi connectivity index (χ4v) is 2.49. The molecule has 4 nitrogen and oxygen atoms in total. The number of fused-ring (bicyclic) bond motifs is 1. The van der Waals surface area contributed by atoms with Crippen molar-refractivity contribution in [1.29, 1.82) is 0 Å². The predicted octanol–water partition coefficient (Wildman–Crippen LogP) is 1.44. The van der Waals surface area contributed by atoms with Crippen molar-refractivity contribution in [2.45, 2.75) is 18.8 Å². The molecule has 0 aromatic carbocycles. The van der Waals surface area contributed by atoms with Gasteiger partial charge in [0.15, 0.2) is 5.65 Å². The molecule has 1 N–H and O–H groups in total. The molecular formula is C12H16N4. The highest BCUT2D eigenvalue weighted by atomic mass is 15.1. The van der Waals surface area contributed by atoms with Crippen LogP contribution in [0.5, 0.6) is 0 Å². The normalized spacial score (nSPS) is 18.1. The lowest BCUT2D eigenvalue weighted by atomic mass is 9.97. The summed E-state index contributed by atoms with van der Waals surface area (Å²) >= 11 is 0. The Kier molecular flexibility index (Phi) is 2.36. The molecule has 0 bridgehead atoms. The van der Waals surface area contributed by atoms with E-state index in [2.05, 4.69) is 33.0 Å². The van der Waals surface area contributed by atoms with Crippen LogP contribution in [-0.4, -0.2) is 27.6 Å². The van der Waals surface area contributed by atoms with Crippen molar-refractivity contribution in [2.24, 2.45) is 7.05 Å². The van der Waals surface area contributed by atoms with Crippen molar-refractivity contribution >= 4 is 11.2 Å². The minimum absolute atomic E-state index is 0.584. The first-order chi connectivity index (χ1) is 7.86. The largest absolute Gasteiger partial charge is 0.330 e. The minimum Gasteiger partial charge on any atom is -0.330 e. The van der Waals surface area contributed by atoms with Gasteiger partial charge >= 0.3 is 0 Å². The number of imidazole rings is 1. The second kappa shape index (κ2) is 3.87. The Morgan fingerprint density at radius 3 is 2.94 bits per heavy atom. The zero-order valence-corrected chi connectivity index (χ0v) is 9.48. The lowest BCUT2D eigenvalue weighted by Crippen LogP contribution is -2.27. The highest BCUT2D eigenvalue weighted by molar-refractivity contribution is 5.71. The van der Waals surface area contributed by atoms with Gasteiger partial charge < -0.3 is 9.88 Å². The van der Waals surface area contributed by atoms with E-state index < -0.39 is 0 Å². The molecule has 0 radical (unpaired) electrons. The number of hydrogen-bond donors (Lipinski definition) is 1. The fourth-order valence-electron chi connectivity index (χ4n) is 2.49. The number of aromatic nitrogens is 3. The van der Waals surface area contributed by atoms with Crippen LogP contribution in [0, 0.1) is 0 Å². The van der Waals surface area contributed by atoms with Gasteiger partial charge in [-0.15, -0.1) is 0 Å². The van der Waals surface area contributed by atoms with Gasteiger partial charge in [0.25, 0.3) is 0 Å². The van der Waals surface area contributed by atoms with Crippen molar-refractivity contribution in [3.8, 4) is 0 Å². The molecule has 0 atom stereocenters. The van der Waals surface area contributed by atoms with E-state index in [1.165, 1.54) is 18.7 Å². The summed E-state index contributed by atoms with van der Waals surface area (Å²) < 4.78 is 2.19. The van der Waals surface area contributed by atoms with Crippen LogP contribution in [0.1, 0.15) is 24.6 Å². The lowest BCUT2D eigenvalue weighted by molar-refractivity contribution is 0.438. The van der Waals surface area contributed by atoms with Crippen LogP contribution < -0.4 is 5.32 Å². The Hall–Kier alpha value is -1.42. The quantitative estimate of drug-likeness (QED) is 0.784. The summed E-state index contributed by atoms with van der Waals surface area (Å²) in [7, 11) is 2.09. The molecule has 3 heterocycles. The third-order valence-corrected chi connectivity index (χ3v) is 3.40. The lowest BCUT2D eigenvalue weighted by Gasteiger charge is -2.21. The average molecular weight is 216 g/mol. The Bertz CT molecular complexity index is 497. The third-order valence-electron chi connectivity index (χ3n) is 3.40. The molecule has 84 valence electrons. The van der Waals surface area contributed by atoms with Crippen molar-refractivity contribution in [3.05, 3.63) is 24.2 Å². The summed E-state index contributed by atoms with van der Waals surface area (Å²) in [5, 5.41) is 3.39. The molecule has 1 fully saturated rings. The van der Waals surface area contributed by atoms with Crippen molar-refractivity contribution in [3.63, 3.8) is 0 Å². The van der Waals surface area contributed by atoms with Gasteiger partial charge in [-0.2, -0.15) is 0 Å². The fraction of sp³-hybridized carbons (Fsp3) is 0.500. The Labute approximate surface area is 94.7 Å². The number of nitrogens with one attached hydrogen (secondary N) is 1. The molecule has 0 aliphatic carbocycles. The second-order valence-electron chi connectivity index (χ2n) is 4.40. The van der Waals surface area contributed by atoms with E-state index in [0.717, 1.165) is 24.3 Å². The van der Waals surface area contributed by atoms with Crippen LogP contribution in [0.2, 0.25) is 0 Å². The molecule has 4 heteroatoms. The number of pyridine rings is 1. The van der Waals surface area contributed by atoms with Crippen LogP contribution in [0.15, 0.2) is 18.3 Å². The van der Waals surface area contributed by atoms with Gasteiger partial charge in [-0.05, 0) is 38.1 Å². The Morgan fingerprint density at radius 2 is 2.19 bits per heavy atom. The summed E-state index contributed by atoms with van der Waals surface area (Å²) in [4.78, 5) is 8.97. The molecule has 2 aromatic heterocycles. The van der Waals surface area contributed by atoms with Crippen molar-refractivity contribution in [1.82, 2.24) is 19.9 Å². The first-order valence-corrected chi connectivity index (χ1v) is 5.84. The maximum Gasteiger partial charge on any atom is 0.177 e. The summed E-state index contributed by atoms with van der Waals surface area (Å²) in [6.07, 6.45) is 4.16. The molecule has 16 heavy (non-hydrogen) atoms. The summed E-state index contributed by atoms with van der Waals surface area (Å²) in [6.45, 7) is 2.20. The van der Waals surface area contributed by atoms with Gasteiger partial charge in [0.2, 0.25) is 0 Å². The molecule has 0 spiro atoms. The maximum atomic E-state index is 4.66. The number of nitrogens with zero attached hydrogens (tertiary/aromatic N) is 3. The molecule has 0 unspecified atom stereocenters. The van der Waals surface area contributed by atoms with Crippen LogP contribution in [0.25, 0.3) is 11.2 Å². The van der Waals surface area contributed by atoms with Crippen LogP contribution in [-0.2, 0) is 7.05 Å². The molecule has 1 aliphatic rings. The number of aryl methyl sites for hydroxylation is 1. The van der Waals surface area contributed by atoms with Crippen LogP contribution in [0.4, 0.5) is 0 Å². The number of rotatable bonds is 1. The summed E-state index contributed by atoms with van der Waals surface area (Å²) in [5.41, 5.74) is 2.01. The molecule has 1 saturated heterocycles. The second-order valence-corrected chi connectivity index (χ2v) is 4.40. The van der Waals surface area contributed by atoms with Gasteiger partial charge in [0, 0.05) is 19.2 Å². The first kappa shape index (κ1) is 9.78. The number of piperidine rings is 1. The van der Waals surface area contributed by atoms with Gasteiger partial charge in [0.1, 0.15) is 5.82 Å². The van der Waals surface area contributed by atoms with Crippen LogP contribution >= 0.6 is 0 Å². The van der Waals surface area contributed by atoms with E-state index in [1.54, 1.807) is 0 Å². The topological polar surface area (TPSA) is 42.7 Å². The third kappa shape index (κ3) is 1.50. The van der Waals surface area contributed by atoms with E-state index in [1.807, 2.05) is 12.3 Å². The van der Waals surface area contributed by atoms with E-state index in [4.69, 9.17) is 0 Å². The van der Waals surface area contributed by atoms with E-state index >= 15 is 0 Å². The summed E-state index contributed by atoms with van der Waals surface area (Å²) in [5.74, 6) is 1.77. The van der Waals surface area contributed by atoms with E-state index in [9.17, 15) is 0 Å². The molecule has 0 amide bonds. The van der Waals surface area contributed by atoms with Gasteiger partial charge in [0.05, 0.1) is 5.52 Å². The van der Waals surface area contributed by atoms with E-state index in [0.29, 0.717) is 5.92 Å². The molecule has 0 saturated carbocycles. The van der Waals surface area contributed by atoms with Crippen molar-refractivity contribution < 1.29 is 0 Å². The van der Waals surface area contributed by atoms with Crippen molar-refractivity contribution in [2.75, 3.05) is 13.1 Å². The highest BCUT2D eigenvalue weighted by Crippen LogP contribution is 2.26. The number of hydrogen-bond acceptors (Lipinski definition) is 3. The van der Waals surface area contributed by atoms with Gasteiger partial charge in [-0.25, -0.2) is 9.97 Å². The average Bonchev–Trinajstić information content (AvgIpc) is 2.69. The monoisotopic (exact) mass is 216 g/mol. The van der Waals surface area contributed by atoms with Gasteiger partial charge in [-0.3, -0.25) is 0 Å². The SMILES string of the molecule is Cn1c(C2CCNCC2)nc2ncccc21. The highest BCUT2D eigenvalue weighted by Gasteiger charge is 2.20. The molecule has 3 rings (SSSR count). The zero-order chi connectivity index (χ0) is 11.0. The smallest absolute Gasteiger partial charge is 0.177 e. The standard InChI is InChI=1S/C12H16N4/c1-16-10-3-2-6-14-11(10)15-12(16)9-4-7-13-8-5-9/h2-3,6,9,13H,4-5,7-8H2,1H3. The minimum atomic E-state index is 0.584. The molecule has 2 aromatic rings. The maximum absolute atomic E-state index is 4.66. The Balaban J connectivity index is 2.05. The summed E-state index contributed by atoms with van der Waals surface area (Å²) in [6, 6.07) is 4.05. The van der Waals surface area contributed by atoms with Crippen LogP contribution in [0.3, 0.4) is 0 Å². The predicted molar refractivity (Wildman–Crippen MR) is 63.4 cm³/mol. The Morgan fingerprint density at radius 1 is 1.38 bits per heavy atom. The van der Waals surface area contributed by atoms with E-state index in [-0.39, 0.29) is 0 Å². The first-order valence-electron chi connectivity index (χ1n) is 5.84. The van der Waals surface area contributed by atoms with Gasteiger partial charge in [-0.1, -0.05) is 0 Å². The zero-order valence-electron chi connectivity index (χ0n) is 9.48. The molecular weight excluding hydrogens is 200 g/mol. The molecule has 1 aliphatic heterocycles.